The van der Waals surface area contributed by atoms with Crippen LogP contribution in [0.4, 0.5) is 0 Å². The maximum Gasteiger partial charge on any atom is 0.138 e. The Morgan fingerprint density at radius 3 is 2.38 bits per heavy atom. The number of nitrogens with zero attached hydrogens (tertiary/aromatic N) is 1. The van der Waals surface area contributed by atoms with E-state index in [1.165, 1.54) is 11.1 Å². The Morgan fingerprint density at radius 1 is 1.05 bits per heavy atom. The second-order valence-electron chi connectivity index (χ2n) is 6.30. The van der Waals surface area contributed by atoms with Gasteiger partial charge in [0.2, 0.25) is 0 Å². The Kier molecular flexibility index (Phi) is 4.97. The summed E-state index contributed by atoms with van der Waals surface area (Å²) >= 11 is 0. The molecular formula is C18H24N2O. The average molecular weight is 284 g/mol. The molecule has 21 heavy (non-hydrogen) atoms. The van der Waals surface area contributed by atoms with Gasteiger partial charge in [-0.05, 0) is 51.0 Å². The molecule has 1 heterocycles. The van der Waals surface area contributed by atoms with Gasteiger partial charge in [-0.3, -0.25) is 4.98 Å². The Labute approximate surface area is 127 Å². The summed E-state index contributed by atoms with van der Waals surface area (Å²) in [5, 5.41) is 3.52. The van der Waals surface area contributed by atoms with Crippen molar-refractivity contribution in [3.05, 3.63) is 59.4 Å². The Bertz CT molecular complexity index is 571. The van der Waals surface area contributed by atoms with E-state index in [2.05, 4.69) is 49.3 Å². The number of aromatic nitrogens is 1. The van der Waals surface area contributed by atoms with Gasteiger partial charge in [0.25, 0.3) is 0 Å². The molecule has 0 radical (unpaired) electrons. The average Bonchev–Trinajstić information content (AvgIpc) is 2.44. The molecule has 0 aliphatic heterocycles. The van der Waals surface area contributed by atoms with Gasteiger partial charge in [0.05, 0.1) is 6.20 Å². The summed E-state index contributed by atoms with van der Waals surface area (Å²) in [6.45, 7) is 9.89. The first-order valence-corrected chi connectivity index (χ1v) is 7.31. The molecule has 3 heteroatoms. The minimum absolute atomic E-state index is 0.106. The molecule has 0 aliphatic carbocycles. The number of pyridine rings is 1. The van der Waals surface area contributed by atoms with E-state index >= 15 is 0 Å². The van der Waals surface area contributed by atoms with Gasteiger partial charge in [-0.25, -0.2) is 0 Å². The van der Waals surface area contributed by atoms with E-state index < -0.39 is 0 Å². The van der Waals surface area contributed by atoms with E-state index in [1.807, 2.05) is 25.1 Å². The molecule has 0 atom stereocenters. The fraction of sp³-hybridized carbons (Fsp3) is 0.389. The zero-order valence-electron chi connectivity index (χ0n) is 13.3. The first-order valence-electron chi connectivity index (χ1n) is 7.31. The van der Waals surface area contributed by atoms with Crippen LogP contribution < -0.4 is 10.1 Å². The third-order valence-electron chi connectivity index (χ3n) is 3.21. The summed E-state index contributed by atoms with van der Waals surface area (Å²) in [7, 11) is 0. The molecule has 0 unspecified atom stereocenters. The quantitative estimate of drug-likeness (QED) is 0.905. The fourth-order valence-electron chi connectivity index (χ4n) is 1.93. The van der Waals surface area contributed by atoms with Crippen molar-refractivity contribution in [2.24, 2.45) is 0 Å². The molecule has 112 valence electrons. The SMILES string of the molecule is Cc1ccc(OCc2ccccc2CNC(C)(C)C)cn1. The van der Waals surface area contributed by atoms with Crippen molar-refractivity contribution >= 4 is 0 Å². The van der Waals surface area contributed by atoms with E-state index in [-0.39, 0.29) is 5.54 Å². The van der Waals surface area contributed by atoms with E-state index in [0.717, 1.165) is 18.0 Å². The smallest absolute Gasteiger partial charge is 0.138 e. The summed E-state index contributed by atoms with van der Waals surface area (Å²) in [6, 6.07) is 12.3. The van der Waals surface area contributed by atoms with Gasteiger partial charge >= 0.3 is 0 Å². The number of aryl methyl sites for hydroxylation is 1. The molecule has 0 bridgehead atoms. The van der Waals surface area contributed by atoms with Crippen LogP contribution in [0.5, 0.6) is 5.75 Å². The Hall–Kier alpha value is -1.87. The van der Waals surface area contributed by atoms with Gasteiger partial charge in [0.1, 0.15) is 12.4 Å². The zero-order valence-corrected chi connectivity index (χ0v) is 13.3. The van der Waals surface area contributed by atoms with Crippen molar-refractivity contribution in [2.45, 2.75) is 46.4 Å². The predicted octanol–water partition coefficient (Wildman–Crippen LogP) is 3.86. The molecule has 0 saturated carbocycles. The van der Waals surface area contributed by atoms with Crippen LogP contribution >= 0.6 is 0 Å². The zero-order chi connectivity index (χ0) is 15.3. The number of benzene rings is 1. The third kappa shape index (κ3) is 5.20. The van der Waals surface area contributed by atoms with Crippen LogP contribution in [0.15, 0.2) is 42.6 Å². The van der Waals surface area contributed by atoms with Crippen LogP contribution in [0.2, 0.25) is 0 Å². The second kappa shape index (κ2) is 6.72. The van der Waals surface area contributed by atoms with Gasteiger partial charge < -0.3 is 10.1 Å². The van der Waals surface area contributed by atoms with Crippen molar-refractivity contribution in [3.63, 3.8) is 0 Å². The summed E-state index contributed by atoms with van der Waals surface area (Å²) in [6.07, 6.45) is 1.77. The molecule has 0 spiro atoms. The maximum absolute atomic E-state index is 5.83. The Morgan fingerprint density at radius 2 is 1.76 bits per heavy atom. The van der Waals surface area contributed by atoms with Crippen molar-refractivity contribution in [1.29, 1.82) is 0 Å². The monoisotopic (exact) mass is 284 g/mol. The molecule has 0 aliphatic rings. The largest absolute Gasteiger partial charge is 0.487 e. The molecule has 2 aromatic rings. The molecule has 3 nitrogen and oxygen atoms in total. The number of ether oxygens (including phenoxy) is 1. The first-order chi connectivity index (χ1) is 9.94. The van der Waals surface area contributed by atoms with Gasteiger partial charge in [0.15, 0.2) is 0 Å². The van der Waals surface area contributed by atoms with Crippen LogP contribution in [0.1, 0.15) is 37.6 Å². The molecule has 1 N–H and O–H groups in total. The highest BCUT2D eigenvalue weighted by molar-refractivity contribution is 5.28. The number of hydrogen-bond donors (Lipinski definition) is 1. The highest BCUT2D eigenvalue weighted by atomic mass is 16.5. The first kappa shape index (κ1) is 15.5. The standard InChI is InChI=1S/C18H24N2O/c1-14-9-10-17(12-19-14)21-13-16-8-6-5-7-15(16)11-20-18(2,3)4/h5-10,12,20H,11,13H2,1-4H3. The Balaban J connectivity index is 2.01. The minimum Gasteiger partial charge on any atom is -0.487 e. The van der Waals surface area contributed by atoms with E-state index in [4.69, 9.17) is 4.74 Å². The number of rotatable bonds is 5. The van der Waals surface area contributed by atoms with Gasteiger partial charge in [-0.1, -0.05) is 24.3 Å². The van der Waals surface area contributed by atoms with Crippen LogP contribution in [0.25, 0.3) is 0 Å². The van der Waals surface area contributed by atoms with Gasteiger partial charge in [-0.2, -0.15) is 0 Å². The maximum atomic E-state index is 5.83. The molecule has 2 rings (SSSR count). The summed E-state index contributed by atoms with van der Waals surface area (Å²) in [5.41, 5.74) is 3.58. The lowest BCUT2D eigenvalue weighted by molar-refractivity contribution is 0.302. The molecule has 1 aromatic heterocycles. The van der Waals surface area contributed by atoms with E-state index in [9.17, 15) is 0 Å². The molecule has 0 amide bonds. The molecule has 0 saturated heterocycles. The van der Waals surface area contributed by atoms with Crippen LogP contribution in [0, 0.1) is 6.92 Å². The van der Waals surface area contributed by atoms with Crippen LogP contribution in [0.3, 0.4) is 0 Å². The lowest BCUT2D eigenvalue weighted by Gasteiger charge is -2.21. The normalized spacial score (nSPS) is 11.4. The third-order valence-corrected chi connectivity index (χ3v) is 3.21. The number of hydrogen-bond acceptors (Lipinski definition) is 3. The van der Waals surface area contributed by atoms with Crippen LogP contribution in [-0.2, 0) is 13.2 Å². The highest BCUT2D eigenvalue weighted by Gasteiger charge is 2.10. The van der Waals surface area contributed by atoms with E-state index in [1.54, 1.807) is 6.20 Å². The van der Waals surface area contributed by atoms with E-state index in [0.29, 0.717) is 6.61 Å². The molecule has 1 aromatic carbocycles. The van der Waals surface area contributed by atoms with Gasteiger partial charge in [0, 0.05) is 17.8 Å². The summed E-state index contributed by atoms with van der Waals surface area (Å²) in [5.74, 6) is 0.805. The van der Waals surface area contributed by atoms with Crippen molar-refractivity contribution in [3.8, 4) is 5.75 Å². The topological polar surface area (TPSA) is 34.1 Å². The second-order valence-corrected chi connectivity index (χ2v) is 6.30. The molecule has 0 fully saturated rings. The van der Waals surface area contributed by atoms with Crippen molar-refractivity contribution in [2.75, 3.05) is 0 Å². The molecular weight excluding hydrogens is 260 g/mol. The lowest BCUT2D eigenvalue weighted by atomic mass is 10.1. The predicted molar refractivity (Wildman–Crippen MR) is 86.3 cm³/mol. The van der Waals surface area contributed by atoms with Crippen LogP contribution in [-0.4, -0.2) is 10.5 Å². The summed E-state index contributed by atoms with van der Waals surface area (Å²) in [4.78, 5) is 4.25. The van der Waals surface area contributed by atoms with Crippen molar-refractivity contribution < 1.29 is 4.74 Å². The lowest BCUT2D eigenvalue weighted by Crippen LogP contribution is -2.35. The minimum atomic E-state index is 0.106. The summed E-state index contributed by atoms with van der Waals surface area (Å²) < 4.78 is 5.83. The fourth-order valence-corrected chi connectivity index (χ4v) is 1.93. The highest BCUT2D eigenvalue weighted by Crippen LogP contribution is 2.15. The number of nitrogens with one attached hydrogen (secondary N) is 1. The van der Waals surface area contributed by atoms with Gasteiger partial charge in [-0.15, -0.1) is 0 Å². The van der Waals surface area contributed by atoms with Crippen molar-refractivity contribution in [1.82, 2.24) is 10.3 Å².